The highest BCUT2D eigenvalue weighted by molar-refractivity contribution is 7.21. The van der Waals surface area contributed by atoms with Gasteiger partial charge in [-0.05, 0) is 37.6 Å². The average molecular weight is 584 g/mol. The van der Waals surface area contributed by atoms with Gasteiger partial charge in [0.25, 0.3) is 0 Å². The summed E-state index contributed by atoms with van der Waals surface area (Å²) in [6.45, 7) is 3.44. The molecule has 0 saturated heterocycles. The van der Waals surface area contributed by atoms with Crippen LogP contribution in [-0.4, -0.2) is 53.0 Å². The van der Waals surface area contributed by atoms with Crippen LogP contribution in [0.2, 0.25) is 5.02 Å². The van der Waals surface area contributed by atoms with Crippen LogP contribution < -0.4 is 19.5 Å². The number of benzene rings is 2. The SMILES string of the molecule is COc1ccc(NC(=O)OC[C@H](C)Oc2cc3sc(-c4cc(C)cc5nc(OC)cnc45)nc3c(Cl)c2F)cn1. The highest BCUT2D eigenvalue weighted by Crippen LogP contribution is 2.40. The summed E-state index contributed by atoms with van der Waals surface area (Å²) in [5.74, 6) is -0.0331. The van der Waals surface area contributed by atoms with Crippen molar-refractivity contribution in [2.45, 2.75) is 20.0 Å². The maximum absolute atomic E-state index is 15.2. The van der Waals surface area contributed by atoms with Gasteiger partial charge >= 0.3 is 6.09 Å². The van der Waals surface area contributed by atoms with E-state index in [1.807, 2.05) is 19.1 Å². The maximum atomic E-state index is 15.2. The number of hydrogen-bond donors (Lipinski definition) is 1. The first kappa shape index (κ1) is 27.3. The lowest BCUT2D eigenvalue weighted by Crippen LogP contribution is -2.24. The third kappa shape index (κ3) is 5.68. The van der Waals surface area contributed by atoms with E-state index in [0.29, 0.717) is 43.7 Å². The zero-order chi connectivity index (χ0) is 28.4. The second kappa shape index (κ2) is 11.4. The lowest BCUT2D eigenvalue weighted by atomic mass is 10.1. The van der Waals surface area contributed by atoms with Crippen LogP contribution in [0.4, 0.5) is 14.9 Å². The molecule has 0 bridgehead atoms. The van der Waals surface area contributed by atoms with Crippen LogP contribution in [0.1, 0.15) is 12.5 Å². The number of rotatable bonds is 8. The van der Waals surface area contributed by atoms with Crippen LogP contribution in [-0.2, 0) is 4.74 Å². The minimum Gasteiger partial charge on any atom is -0.484 e. The van der Waals surface area contributed by atoms with Gasteiger partial charge in [0.15, 0.2) is 11.6 Å². The van der Waals surface area contributed by atoms with Gasteiger partial charge in [-0.3, -0.25) is 5.32 Å². The molecule has 5 aromatic rings. The summed E-state index contributed by atoms with van der Waals surface area (Å²) in [5.41, 5.74) is 3.70. The number of methoxy groups -OCH3 is 2. The lowest BCUT2D eigenvalue weighted by Gasteiger charge is -2.16. The molecular formula is C27H23ClFN5O5S. The number of aromatic nitrogens is 4. The molecule has 1 atom stereocenters. The summed E-state index contributed by atoms with van der Waals surface area (Å²) in [5, 5.41) is 2.98. The van der Waals surface area contributed by atoms with Crippen molar-refractivity contribution in [2.75, 3.05) is 26.1 Å². The van der Waals surface area contributed by atoms with E-state index in [9.17, 15) is 4.79 Å². The van der Waals surface area contributed by atoms with Crippen LogP contribution in [0.3, 0.4) is 0 Å². The molecule has 2 aromatic carbocycles. The van der Waals surface area contributed by atoms with Crippen molar-refractivity contribution in [1.82, 2.24) is 19.9 Å². The van der Waals surface area contributed by atoms with Crippen LogP contribution in [0, 0.1) is 12.7 Å². The van der Waals surface area contributed by atoms with Gasteiger partial charge in [0, 0.05) is 17.7 Å². The number of aryl methyl sites for hydroxylation is 1. The zero-order valence-corrected chi connectivity index (χ0v) is 23.4. The molecule has 0 spiro atoms. The molecule has 5 rings (SSSR count). The average Bonchev–Trinajstić information content (AvgIpc) is 3.38. The van der Waals surface area contributed by atoms with Crippen molar-refractivity contribution in [2.24, 2.45) is 0 Å². The fourth-order valence-corrected chi connectivity index (χ4v) is 5.18. The molecule has 0 fully saturated rings. The van der Waals surface area contributed by atoms with E-state index in [1.165, 1.54) is 44.0 Å². The molecule has 0 radical (unpaired) electrons. The quantitative estimate of drug-likeness (QED) is 0.220. The Morgan fingerprint density at radius 2 is 1.88 bits per heavy atom. The van der Waals surface area contributed by atoms with Crippen molar-refractivity contribution in [1.29, 1.82) is 0 Å². The largest absolute Gasteiger partial charge is 0.484 e. The number of nitrogens with zero attached hydrogens (tertiary/aromatic N) is 4. The van der Waals surface area contributed by atoms with Crippen molar-refractivity contribution in [3.8, 4) is 28.1 Å². The maximum Gasteiger partial charge on any atom is 0.411 e. The van der Waals surface area contributed by atoms with Gasteiger partial charge in [-0.1, -0.05) is 11.6 Å². The Morgan fingerprint density at radius 1 is 1.07 bits per heavy atom. The van der Waals surface area contributed by atoms with Crippen molar-refractivity contribution >= 4 is 56.0 Å². The van der Waals surface area contributed by atoms with E-state index in [2.05, 4.69) is 25.3 Å². The van der Waals surface area contributed by atoms with Gasteiger partial charge in [0.1, 0.15) is 28.3 Å². The number of hydrogen-bond acceptors (Lipinski definition) is 10. The Bertz CT molecular complexity index is 1720. The summed E-state index contributed by atoms with van der Waals surface area (Å²) in [7, 11) is 3.02. The Kier molecular flexibility index (Phi) is 7.81. The predicted octanol–water partition coefficient (Wildman–Crippen LogP) is 6.44. The van der Waals surface area contributed by atoms with E-state index < -0.39 is 18.0 Å². The number of amides is 1. The highest BCUT2D eigenvalue weighted by Gasteiger charge is 2.21. The Labute approximate surface area is 237 Å². The number of pyridine rings is 1. The second-order valence-electron chi connectivity index (χ2n) is 8.70. The van der Waals surface area contributed by atoms with Crippen LogP contribution >= 0.6 is 22.9 Å². The number of carbonyl (C=O) groups is 1. The number of carbonyl (C=O) groups excluding carboxylic acids is 1. The molecule has 206 valence electrons. The van der Waals surface area contributed by atoms with Gasteiger partial charge < -0.3 is 18.9 Å². The molecule has 1 amide bonds. The number of halogens is 2. The van der Waals surface area contributed by atoms with E-state index in [-0.39, 0.29) is 17.4 Å². The highest BCUT2D eigenvalue weighted by atomic mass is 35.5. The minimum atomic E-state index is -0.759. The molecule has 3 heterocycles. The number of fused-ring (bicyclic) bond motifs is 2. The summed E-state index contributed by atoms with van der Waals surface area (Å²) in [4.78, 5) is 29.7. The fraction of sp³-hybridized carbons (Fsp3) is 0.222. The Balaban J connectivity index is 1.33. The molecule has 1 N–H and O–H groups in total. The van der Waals surface area contributed by atoms with E-state index in [0.717, 1.165) is 11.1 Å². The second-order valence-corrected chi connectivity index (χ2v) is 10.1. The summed E-state index contributed by atoms with van der Waals surface area (Å²) >= 11 is 7.70. The molecule has 0 unspecified atom stereocenters. The predicted molar refractivity (Wildman–Crippen MR) is 150 cm³/mol. The smallest absolute Gasteiger partial charge is 0.411 e. The number of anilines is 1. The molecule has 0 aliphatic rings. The van der Waals surface area contributed by atoms with Gasteiger partial charge in [0.05, 0.1) is 48.0 Å². The van der Waals surface area contributed by atoms with E-state index >= 15 is 4.39 Å². The molecule has 0 aliphatic heterocycles. The first-order chi connectivity index (χ1) is 19.2. The Morgan fingerprint density at radius 3 is 2.60 bits per heavy atom. The van der Waals surface area contributed by atoms with Gasteiger partial charge in [-0.2, -0.15) is 0 Å². The number of thiazole rings is 1. The summed E-state index contributed by atoms with van der Waals surface area (Å²) < 4.78 is 36.9. The van der Waals surface area contributed by atoms with E-state index in [4.69, 9.17) is 30.5 Å². The van der Waals surface area contributed by atoms with Crippen molar-refractivity contribution < 1.29 is 28.1 Å². The van der Waals surface area contributed by atoms with Gasteiger partial charge in [-0.15, -0.1) is 11.3 Å². The summed E-state index contributed by atoms with van der Waals surface area (Å²) in [6.07, 6.45) is 1.57. The van der Waals surface area contributed by atoms with Crippen molar-refractivity contribution in [3.05, 3.63) is 59.1 Å². The molecule has 10 nitrogen and oxygen atoms in total. The van der Waals surface area contributed by atoms with Gasteiger partial charge in [-0.25, -0.2) is 29.1 Å². The molecular weight excluding hydrogens is 561 g/mol. The normalized spacial score (nSPS) is 11.8. The molecule has 3 aromatic heterocycles. The standard InChI is InChI=1S/C27H23ClFN5O5S/c1-13-7-16(24-17(8-13)33-21(37-4)11-31-24)26-34-25-19(40-26)9-18(23(29)22(25)28)39-14(2)12-38-27(35)32-15-5-6-20(36-3)30-10-15/h5-11,14H,12H2,1-4H3,(H,32,35)/t14-/m0/s1. The number of ether oxygens (including phenoxy) is 4. The van der Waals surface area contributed by atoms with E-state index in [1.54, 1.807) is 19.1 Å². The molecule has 13 heteroatoms. The third-order valence-electron chi connectivity index (χ3n) is 5.71. The monoisotopic (exact) mass is 583 g/mol. The molecule has 40 heavy (non-hydrogen) atoms. The van der Waals surface area contributed by atoms with Crippen LogP contribution in [0.25, 0.3) is 31.8 Å². The third-order valence-corrected chi connectivity index (χ3v) is 7.09. The number of nitrogens with one attached hydrogen (secondary N) is 1. The lowest BCUT2D eigenvalue weighted by molar-refractivity contribution is 0.0969. The Hall–Kier alpha value is -4.29. The first-order valence-corrected chi connectivity index (χ1v) is 13.2. The van der Waals surface area contributed by atoms with Gasteiger partial charge in [0.2, 0.25) is 11.8 Å². The molecule has 0 saturated carbocycles. The summed E-state index contributed by atoms with van der Waals surface area (Å²) in [6, 6.07) is 8.59. The van der Waals surface area contributed by atoms with Crippen molar-refractivity contribution in [3.63, 3.8) is 0 Å². The first-order valence-electron chi connectivity index (χ1n) is 12.0. The van der Waals surface area contributed by atoms with Crippen LogP contribution in [0.5, 0.6) is 17.5 Å². The minimum absolute atomic E-state index is 0.0813. The van der Waals surface area contributed by atoms with Crippen LogP contribution in [0.15, 0.2) is 42.7 Å². The molecule has 0 aliphatic carbocycles. The topological polar surface area (TPSA) is 118 Å². The zero-order valence-electron chi connectivity index (χ0n) is 21.8. The fourth-order valence-electron chi connectivity index (χ4n) is 3.86.